The van der Waals surface area contributed by atoms with Crippen LogP contribution >= 0.6 is 11.8 Å². The number of hydrogen-bond acceptors (Lipinski definition) is 8. The smallest absolute Gasteiger partial charge is 0.242 e. The van der Waals surface area contributed by atoms with E-state index in [4.69, 9.17) is 10.5 Å². The first-order chi connectivity index (χ1) is 14.2. The summed E-state index contributed by atoms with van der Waals surface area (Å²) in [7, 11) is 1.39. The van der Waals surface area contributed by atoms with Crippen molar-refractivity contribution in [2.75, 3.05) is 26.0 Å². The lowest BCUT2D eigenvalue weighted by atomic mass is 10.1. The molecule has 1 aromatic carbocycles. The van der Waals surface area contributed by atoms with Crippen molar-refractivity contribution in [2.24, 2.45) is 5.73 Å². The summed E-state index contributed by atoms with van der Waals surface area (Å²) in [5, 5.41) is 21.8. The molecule has 1 heterocycles. The fraction of sp³-hybridized carbons (Fsp3) is 0.474. The van der Waals surface area contributed by atoms with E-state index in [1.54, 1.807) is 0 Å². The molecule has 164 valence electrons. The van der Waals surface area contributed by atoms with Gasteiger partial charge >= 0.3 is 0 Å². The Morgan fingerprint density at radius 3 is 2.77 bits per heavy atom. The third kappa shape index (κ3) is 6.36. The van der Waals surface area contributed by atoms with Crippen LogP contribution in [0.15, 0.2) is 18.2 Å². The van der Waals surface area contributed by atoms with Crippen LogP contribution in [0.1, 0.15) is 30.9 Å². The molecule has 1 fully saturated rings. The van der Waals surface area contributed by atoms with Crippen LogP contribution in [0.2, 0.25) is 0 Å². The summed E-state index contributed by atoms with van der Waals surface area (Å²) in [6.07, 6.45) is -0.920. The van der Waals surface area contributed by atoms with Crippen molar-refractivity contribution in [3.05, 3.63) is 23.8 Å². The van der Waals surface area contributed by atoms with E-state index < -0.39 is 17.3 Å². The van der Waals surface area contributed by atoms with Gasteiger partial charge in [-0.3, -0.25) is 24.1 Å². The van der Waals surface area contributed by atoms with E-state index >= 15 is 0 Å². The number of thioether (sulfide) groups is 1. The number of hydrogen-bond donors (Lipinski definition) is 4. The van der Waals surface area contributed by atoms with Crippen LogP contribution in [0.4, 0.5) is 0 Å². The zero-order chi connectivity index (χ0) is 22.3. The number of carbonyl (C=O) groups excluding carboxylic acids is 4. The van der Waals surface area contributed by atoms with Gasteiger partial charge in [0, 0.05) is 38.1 Å². The number of imide groups is 1. The molecule has 0 aliphatic carbocycles. The van der Waals surface area contributed by atoms with Gasteiger partial charge in [0.05, 0.1) is 18.5 Å². The second-order valence-corrected chi connectivity index (χ2v) is 7.98. The van der Waals surface area contributed by atoms with Gasteiger partial charge in [0.25, 0.3) is 0 Å². The molecule has 0 aromatic heterocycles. The molecule has 2 unspecified atom stereocenters. The predicted molar refractivity (Wildman–Crippen MR) is 109 cm³/mol. The summed E-state index contributed by atoms with van der Waals surface area (Å²) in [6, 6.07) is 4.40. The number of amides is 4. The molecular weight excluding hydrogens is 414 g/mol. The second-order valence-electron chi connectivity index (χ2n) is 6.66. The zero-order valence-corrected chi connectivity index (χ0v) is 17.3. The van der Waals surface area contributed by atoms with Gasteiger partial charge in [0.1, 0.15) is 0 Å². The molecule has 0 spiro atoms. The van der Waals surface area contributed by atoms with Crippen molar-refractivity contribution in [3.63, 3.8) is 0 Å². The SMILES string of the molecule is COc1cc(C(O)CNC(=O)CCSC2CC(=O)N(CCC(N)=O)C2=O)ccc1O. The summed E-state index contributed by atoms with van der Waals surface area (Å²) < 4.78 is 4.98. The summed E-state index contributed by atoms with van der Waals surface area (Å²) in [4.78, 5) is 48.0. The Hall–Kier alpha value is -2.79. The molecule has 0 bridgehead atoms. The van der Waals surface area contributed by atoms with E-state index in [1.165, 1.54) is 37.1 Å². The van der Waals surface area contributed by atoms with Crippen LogP contribution in [0.25, 0.3) is 0 Å². The van der Waals surface area contributed by atoms with E-state index in [2.05, 4.69) is 5.32 Å². The molecule has 1 aliphatic rings. The van der Waals surface area contributed by atoms with Crippen LogP contribution in [-0.4, -0.2) is 69.9 Å². The van der Waals surface area contributed by atoms with Crippen molar-refractivity contribution in [1.82, 2.24) is 10.2 Å². The van der Waals surface area contributed by atoms with Crippen molar-refractivity contribution in [3.8, 4) is 11.5 Å². The second kappa shape index (κ2) is 10.8. The molecule has 10 nitrogen and oxygen atoms in total. The van der Waals surface area contributed by atoms with Gasteiger partial charge in [-0.2, -0.15) is 0 Å². The maximum absolute atomic E-state index is 12.2. The molecule has 5 N–H and O–H groups in total. The number of primary amides is 1. The molecule has 2 atom stereocenters. The van der Waals surface area contributed by atoms with Gasteiger partial charge in [-0.1, -0.05) is 6.07 Å². The van der Waals surface area contributed by atoms with Crippen molar-refractivity contribution in [2.45, 2.75) is 30.6 Å². The lowest BCUT2D eigenvalue weighted by molar-refractivity contribution is -0.138. The molecule has 0 saturated carbocycles. The van der Waals surface area contributed by atoms with Crippen LogP contribution in [0.5, 0.6) is 11.5 Å². The van der Waals surface area contributed by atoms with Crippen LogP contribution < -0.4 is 15.8 Å². The summed E-state index contributed by atoms with van der Waals surface area (Å²) in [5.41, 5.74) is 5.52. The van der Waals surface area contributed by atoms with Crippen molar-refractivity contribution in [1.29, 1.82) is 0 Å². The van der Waals surface area contributed by atoms with Gasteiger partial charge in [0.15, 0.2) is 11.5 Å². The highest BCUT2D eigenvalue weighted by Gasteiger charge is 2.38. The maximum Gasteiger partial charge on any atom is 0.242 e. The molecule has 1 aliphatic heterocycles. The normalized spacial score (nSPS) is 17.1. The Labute approximate surface area is 177 Å². The summed E-state index contributed by atoms with van der Waals surface area (Å²) in [6.45, 7) is -0.0519. The Bertz CT molecular complexity index is 817. The van der Waals surface area contributed by atoms with Gasteiger partial charge in [-0.05, 0) is 17.7 Å². The molecular formula is C19H25N3O7S. The van der Waals surface area contributed by atoms with Crippen LogP contribution in [0.3, 0.4) is 0 Å². The average molecular weight is 439 g/mol. The minimum absolute atomic E-state index is 0.0233. The minimum atomic E-state index is -0.982. The number of methoxy groups -OCH3 is 1. The van der Waals surface area contributed by atoms with Crippen LogP contribution in [0, 0.1) is 0 Å². The Kier molecular flexibility index (Phi) is 8.48. The first kappa shape index (κ1) is 23.5. The van der Waals surface area contributed by atoms with E-state index in [0.29, 0.717) is 11.3 Å². The highest BCUT2D eigenvalue weighted by atomic mass is 32.2. The number of benzene rings is 1. The van der Waals surface area contributed by atoms with E-state index in [-0.39, 0.29) is 61.6 Å². The monoisotopic (exact) mass is 439 g/mol. The molecule has 4 amide bonds. The lowest BCUT2D eigenvalue weighted by Crippen LogP contribution is -2.34. The number of phenols is 1. The number of nitrogens with two attached hydrogens (primary N) is 1. The number of ether oxygens (including phenoxy) is 1. The van der Waals surface area contributed by atoms with Crippen LogP contribution in [-0.2, 0) is 19.2 Å². The quantitative estimate of drug-likeness (QED) is 0.341. The number of carbonyl (C=O) groups is 4. The number of phenolic OH excluding ortho intramolecular Hbond substituents is 1. The van der Waals surface area contributed by atoms with Gasteiger partial charge in [-0.15, -0.1) is 11.8 Å². The maximum atomic E-state index is 12.2. The minimum Gasteiger partial charge on any atom is -0.504 e. The fourth-order valence-corrected chi connectivity index (χ4v) is 3.97. The number of nitrogens with zero attached hydrogens (tertiary/aromatic N) is 1. The third-order valence-electron chi connectivity index (χ3n) is 4.51. The summed E-state index contributed by atoms with van der Waals surface area (Å²) >= 11 is 1.20. The first-order valence-electron chi connectivity index (χ1n) is 9.28. The topological polar surface area (TPSA) is 159 Å². The molecule has 1 aromatic rings. The predicted octanol–water partition coefficient (Wildman–Crippen LogP) is -0.323. The molecule has 0 radical (unpaired) electrons. The van der Waals surface area contributed by atoms with Gasteiger partial charge in [-0.25, -0.2) is 0 Å². The Morgan fingerprint density at radius 2 is 2.10 bits per heavy atom. The Morgan fingerprint density at radius 1 is 1.37 bits per heavy atom. The van der Waals surface area contributed by atoms with Crippen molar-refractivity contribution >= 4 is 35.4 Å². The van der Waals surface area contributed by atoms with E-state index in [1.807, 2.05) is 0 Å². The van der Waals surface area contributed by atoms with E-state index in [9.17, 15) is 29.4 Å². The summed E-state index contributed by atoms with van der Waals surface area (Å²) in [5.74, 6) is -1.13. The Balaban J connectivity index is 1.73. The number of aromatic hydroxyl groups is 1. The third-order valence-corrected chi connectivity index (χ3v) is 5.72. The van der Waals surface area contributed by atoms with Gasteiger partial charge < -0.3 is 26.0 Å². The molecule has 2 rings (SSSR count). The number of aliphatic hydroxyl groups is 1. The van der Waals surface area contributed by atoms with Crippen molar-refractivity contribution < 1.29 is 34.1 Å². The highest BCUT2D eigenvalue weighted by molar-refractivity contribution is 8.00. The standard InChI is InChI=1S/C19H25N3O7S/c1-29-14-8-11(2-3-12(14)23)13(24)10-21-17(26)5-7-30-15-9-18(27)22(19(15)28)6-4-16(20)25/h2-3,8,13,15,23-24H,4-7,9-10H2,1H3,(H2,20,25)(H,21,26). The largest absolute Gasteiger partial charge is 0.504 e. The van der Waals surface area contributed by atoms with Gasteiger partial charge in [0.2, 0.25) is 23.6 Å². The first-order valence-corrected chi connectivity index (χ1v) is 10.3. The fourth-order valence-electron chi connectivity index (χ4n) is 2.85. The lowest BCUT2D eigenvalue weighted by Gasteiger charge is -2.14. The number of aliphatic hydroxyl groups excluding tert-OH is 1. The average Bonchev–Trinajstić information content (AvgIpc) is 2.97. The number of likely N-dealkylation sites (tertiary alicyclic amines) is 1. The molecule has 1 saturated heterocycles. The van der Waals surface area contributed by atoms with E-state index in [0.717, 1.165) is 4.90 Å². The number of rotatable bonds is 11. The molecule has 11 heteroatoms. The number of nitrogens with one attached hydrogen (secondary N) is 1. The molecule has 30 heavy (non-hydrogen) atoms. The highest BCUT2D eigenvalue weighted by Crippen LogP contribution is 2.29. The zero-order valence-electron chi connectivity index (χ0n) is 16.5.